The second-order valence-electron chi connectivity index (χ2n) is 7.59. The van der Waals surface area contributed by atoms with Crippen LogP contribution in [0.3, 0.4) is 0 Å². The molecular weight excluding hydrogens is 420 g/mol. The first kappa shape index (κ1) is 20.9. The molecule has 4 rings (SSSR count). The molecule has 30 heavy (non-hydrogen) atoms. The average molecular weight is 443 g/mol. The van der Waals surface area contributed by atoms with Gasteiger partial charge in [0.25, 0.3) is 0 Å². The van der Waals surface area contributed by atoms with Gasteiger partial charge in [0.2, 0.25) is 5.85 Å². The Morgan fingerprint density at radius 2 is 1.67 bits per heavy atom. The van der Waals surface area contributed by atoms with Gasteiger partial charge in [-0.1, -0.05) is 54.1 Å². The number of rotatable bonds is 5. The lowest BCUT2D eigenvalue weighted by molar-refractivity contribution is 0.0189. The van der Waals surface area contributed by atoms with Gasteiger partial charge in [-0.05, 0) is 48.4 Å². The molecule has 0 amide bonds. The van der Waals surface area contributed by atoms with Gasteiger partial charge in [-0.2, -0.15) is 0 Å². The summed E-state index contributed by atoms with van der Waals surface area (Å²) in [5, 5.41) is 15.7. The predicted octanol–water partition coefficient (Wildman–Crippen LogP) is 3.57. The third kappa shape index (κ3) is 4.23. The van der Waals surface area contributed by atoms with Crippen molar-refractivity contribution in [3.63, 3.8) is 0 Å². The fourth-order valence-corrected chi connectivity index (χ4v) is 4.62. The van der Waals surface area contributed by atoms with Gasteiger partial charge in [0.15, 0.2) is 9.84 Å². The largest absolute Gasteiger partial charge is 0.355 e. The lowest BCUT2D eigenvalue weighted by Gasteiger charge is -2.35. The minimum Gasteiger partial charge on any atom is -0.355 e. The summed E-state index contributed by atoms with van der Waals surface area (Å²) in [4.78, 5) is 2.10. The zero-order chi connectivity index (χ0) is 21.4. The molecule has 1 aliphatic heterocycles. The van der Waals surface area contributed by atoms with Crippen LogP contribution in [0.2, 0.25) is 5.02 Å². The van der Waals surface area contributed by atoms with Gasteiger partial charge in [-0.15, -0.1) is 0 Å². The van der Waals surface area contributed by atoms with Crippen LogP contribution in [0.1, 0.15) is 11.1 Å². The van der Waals surface area contributed by atoms with E-state index in [-0.39, 0.29) is 10.9 Å². The van der Waals surface area contributed by atoms with Gasteiger partial charge >= 0.3 is 0 Å². The maximum atomic E-state index is 11.8. The molecule has 5 nitrogen and oxygen atoms in total. The summed E-state index contributed by atoms with van der Waals surface area (Å²) in [6.45, 7) is 0.548. The van der Waals surface area contributed by atoms with Gasteiger partial charge in [0.1, 0.15) is 0 Å². The molecule has 1 saturated heterocycles. The number of hydrogen-bond donors (Lipinski definition) is 2. The summed E-state index contributed by atoms with van der Waals surface area (Å²) < 4.78 is 23.6. The second kappa shape index (κ2) is 8.04. The van der Waals surface area contributed by atoms with Crippen molar-refractivity contribution in [2.75, 3.05) is 17.7 Å². The van der Waals surface area contributed by atoms with E-state index in [2.05, 4.69) is 17.4 Å². The molecule has 2 N–H and O–H groups in total. The summed E-state index contributed by atoms with van der Waals surface area (Å²) in [6.07, 6.45) is 1.92. The summed E-state index contributed by atoms with van der Waals surface area (Å²) in [7, 11) is -3.29. The van der Waals surface area contributed by atoms with Gasteiger partial charge in [0, 0.05) is 35.1 Å². The average Bonchev–Trinajstić information content (AvgIpc) is 3.06. The number of hydrogen-bond acceptors (Lipinski definition) is 5. The number of aliphatic hydroxyl groups is 1. The van der Waals surface area contributed by atoms with E-state index < -0.39 is 15.7 Å². The van der Waals surface area contributed by atoms with Crippen molar-refractivity contribution in [3.05, 3.63) is 95.0 Å². The van der Waals surface area contributed by atoms with Crippen LogP contribution in [0.15, 0.2) is 83.8 Å². The molecule has 0 saturated carbocycles. The highest BCUT2D eigenvalue weighted by Gasteiger charge is 2.45. The van der Waals surface area contributed by atoms with Crippen LogP contribution in [0, 0.1) is 0 Å². The summed E-state index contributed by atoms with van der Waals surface area (Å²) in [5.41, 5.74) is 2.56. The number of nitrogens with one attached hydrogen (secondary N) is 1. The molecule has 3 aromatic rings. The molecule has 2 atom stereocenters. The lowest BCUT2D eigenvalue weighted by Crippen LogP contribution is -2.49. The highest BCUT2D eigenvalue weighted by Crippen LogP contribution is 2.35. The monoisotopic (exact) mass is 442 g/mol. The maximum Gasteiger partial charge on any atom is 0.223 e. The van der Waals surface area contributed by atoms with Crippen LogP contribution in [-0.2, 0) is 22.1 Å². The second-order valence-corrected chi connectivity index (χ2v) is 10.0. The fourth-order valence-electron chi connectivity index (χ4n) is 3.86. The summed E-state index contributed by atoms with van der Waals surface area (Å²) in [6, 6.07) is 23.7. The molecule has 0 radical (unpaired) electrons. The van der Waals surface area contributed by atoms with E-state index in [1.54, 1.807) is 48.5 Å². The SMILES string of the molecule is CS(=O)(=O)c1ccc(N2CC(Cc3ccccc3)NC2(O)c2ccc(Cl)cc2)cc1. The molecule has 0 spiro atoms. The van der Waals surface area contributed by atoms with Crippen LogP contribution in [0.5, 0.6) is 0 Å². The topological polar surface area (TPSA) is 69.6 Å². The van der Waals surface area contributed by atoms with Gasteiger partial charge < -0.3 is 10.0 Å². The predicted molar refractivity (Wildman–Crippen MR) is 119 cm³/mol. The number of halogens is 1. The van der Waals surface area contributed by atoms with Crippen LogP contribution in [0.25, 0.3) is 0 Å². The van der Waals surface area contributed by atoms with E-state index in [0.717, 1.165) is 12.1 Å². The first-order valence-corrected chi connectivity index (χ1v) is 11.9. The summed E-state index contributed by atoms with van der Waals surface area (Å²) in [5.74, 6) is -1.45. The molecule has 3 aromatic carbocycles. The van der Waals surface area contributed by atoms with E-state index in [9.17, 15) is 13.5 Å². The highest BCUT2D eigenvalue weighted by molar-refractivity contribution is 7.90. The van der Waals surface area contributed by atoms with Gasteiger partial charge in [0.05, 0.1) is 4.90 Å². The highest BCUT2D eigenvalue weighted by atomic mass is 35.5. The van der Waals surface area contributed by atoms with E-state index in [0.29, 0.717) is 17.1 Å². The molecule has 156 valence electrons. The smallest absolute Gasteiger partial charge is 0.223 e. The van der Waals surface area contributed by atoms with Gasteiger partial charge in [-0.25, -0.2) is 8.42 Å². The number of benzene rings is 3. The Balaban J connectivity index is 1.70. The molecular formula is C23H23ClN2O3S. The normalized spacial score (nSPS) is 21.7. The van der Waals surface area contributed by atoms with E-state index in [1.165, 1.54) is 11.8 Å². The van der Waals surface area contributed by atoms with E-state index in [1.807, 2.05) is 23.1 Å². The van der Waals surface area contributed by atoms with Crippen molar-refractivity contribution in [1.82, 2.24) is 5.32 Å². The molecule has 0 aromatic heterocycles. The first-order chi connectivity index (χ1) is 14.3. The van der Waals surface area contributed by atoms with Crippen molar-refractivity contribution in [2.45, 2.75) is 23.2 Å². The Labute approximate surface area is 181 Å². The van der Waals surface area contributed by atoms with Crippen molar-refractivity contribution >= 4 is 27.1 Å². The molecule has 2 unspecified atom stereocenters. The zero-order valence-electron chi connectivity index (χ0n) is 16.5. The van der Waals surface area contributed by atoms with Crippen LogP contribution in [-0.4, -0.2) is 32.4 Å². The quantitative estimate of drug-likeness (QED) is 0.632. The Morgan fingerprint density at radius 3 is 2.27 bits per heavy atom. The van der Waals surface area contributed by atoms with Crippen molar-refractivity contribution in [3.8, 4) is 0 Å². The van der Waals surface area contributed by atoms with Crippen molar-refractivity contribution < 1.29 is 13.5 Å². The Bertz CT molecular complexity index is 1120. The fraction of sp³-hybridized carbons (Fsp3) is 0.217. The first-order valence-electron chi connectivity index (χ1n) is 9.63. The van der Waals surface area contributed by atoms with E-state index in [4.69, 9.17) is 11.6 Å². The molecule has 1 heterocycles. The molecule has 1 aliphatic rings. The standard InChI is InChI=1S/C23H23ClN2O3S/c1-30(28,29)22-13-11-21(12-14-22)26-16-20(15-17-5-3-2-4-6-17)25-23(26,27)18-7-9-19(24)10-8-18/h2-14,20,25,27H,15-16H2,1H3. The minimum atomic E-state index is -3.29. The number of anilines is 1. The molecule has 1 fully saturated rings. The molecule has 0 aliphatic carbocycles. The molecule has 0 bridgehead atoms. The van der Waals surface area contributed by atoms with E-state index >= 15 is 0 Å². The molecule has 7 heteroatoms. The lowest BCUT2D eigenvalue weighted by atomic mass is 10.1. The summed E-state index contributed by atoms with van der Waals surface area (Å²) >= 11 is 6.04. The minimum absolute atomic E-state index is 0.0114. The van der Waals surface area contributed by atoms with Crippen molar-refractivity contribution in [2.24, 2.45) is 0 Å². The number of nitrogens with zero attached hydrogens (tertiary/aromatic N) is 1. The Hall–Kier alpha value is -2.38. The van der Waals surface area contributed by atoms with Crippen LogP contribution >= 0.6 is 11.6 Å². The van der Waals surface area contributed by atoms with Crippen LogP contribution < -0.4 is 10.2 Å². The number of sulfone groups is 1. The third-order valence-corrected chi connectivity index (χ3v) is 6.73. The Kier molecular flexibility index (Phi) is 5.59. The Morgan fingerprint density at radius 1 is 1.03 bits per heavy atom. The zero-order valence-corrected chi connectivity index (χ0v) is 18.1. The van der Waals surface area contributed by atoms with Crippen molar-refractivity contribution in [1.29, 1.82) is 0 Å². The maximum absolute atomic E-state index is 11.8. The third-order valence-electron chi connectivity index (χ3n) is 5.35. The van der Waals surface area contributed by atoms with Gasteiger partial charge in [-0.3, -0.25) is 5.32 Å². The van der Waals surface area contributed by atoms with Crippen LogP contribution in [0.4, 0.5) is 5.69 Å².